The van der Waals surface area contributed by atoms with Crippen molar-refractivity contribution in [1.82, 2.24) is 16.0 Å². The highest BCUT2D eigenvalue weighted by molar-refractivity contribution is 7.80. The fourth-order valence-electron chi connectivity index (χ4n) is 2.39. The van der Waals surface area contributed by atoms with Crippen molar-refractivity contribution in [2.75, 3.05) is 18.9 Å². The molecule has 12 N–H and O–H groups in total. The number of nitrogens with two attached hydrogens (primary N) is 3. The molecule has 0 fully saturated rings. The van der Waals surface area contributed by atoms with E-state index in [0.29, 0.717) is 6.42 Å². The molecule has 4 unspecified atom stereocenters. The van der Waals surface area contributed by atoms with E-state index in [1.807, 2.05) is 0 Å². The highest BCUT2D eigenvalue weighted by atomic mass is 32.1. The lowest BCUT2D eigenvalue weighted by Gasteiger charge is -2.23. The molecule has 4 atom stereocenters. The van der Waals surface area contributed by atoms with Crippen LogP contribution in [0.15, 0.2) is 4.99 Å². The van der Waals surface area contributed by atoms with Gasteiger partial charge in [0, 0.05) is 18.7 Å². The van der Waals surface area contributed by atoms with Gasteiger partial charge in [-0.25, -0.2) is 4.79 Å². The van der Waals surface area contributed by atoms with Gasteiger partial charge in [0.25, 0.3) is 0 Å². The minimum absolute atomic E-state index is 0.107. The normalized spacial score (nSPS) is 14.2. The van der Waals surface area contributed by atoms with E-state index < -0.39 is 66.9 Å². The Kier molecular flexibility index (Phi) is 14.2. The summed E-state index contributed by atoms with van der Waals surface area (Å²) >= 11 is 3.94. The van der Waals surface area contributed by atoms with E-state index >= 15 is 0 Å². The van der Waals surface area contributed by atoms with Crippen molar-refractivity contribution in [3.05, 3.63) is 0 Å². The molecule has 15 nitrogen and oxygen atoms in total. The van der Waals surface area contributed by atoms with Crippen molar-refractivity contribution in [3.8, 4) is 0 Å². The zero-order valence-corrected chi connectivity index (χ0v) is 18.7. The van der Waals surface area contributed by atoms with Crippen LogP contribution in [0.5, 0.6) is 0 Å². The number of carbonyl (C=O) groups excluding carboxylic acids is 3. The molecule has 0 heterocycles. The second-order valence-corrected chi connectivity index (χ2v) is 7.24. The molecular weight excluding hydrogens is 462 g/mol. The van der Waals surface area contributed by atoms with Crippen LogP contribution in [0.3, 0.4) is 0 Å². The molecule has 0 radical (unpaired) electrons. The van der Waals surface area contributed by atoms with Gasteiger partial charge in [-0.15, -0.1) is 0 Å². The number of aliphatic hydroxyl groups is 1. The summed E-state index contributed by atoms with van der Waals surface area (Å²) in [5, 5.41) is 33.9. The fourth-order valence-corrected chi connectivity index (χ4v) is 2.64. The van der Waals surface area contributed by atoms with Gasteiger partial charge in [-0.3, -0.25) is 24.2 Å². The van der Waals surface area contributed by atoms with Crippen LogP contribution in [-0.2, 0) is 24.0 Å². The lowest BCUT2D eigenvalue weighted by Crippen LogP contribution is -2.58. The van der Waals surface area contributed by atoms with Gasteiger partial charge in [0.05, 0.1) is 12.6 Å². The molecule has 3 amide bonds. The number of aliphatic hydroxyl groups excluding tert-OH is 1. The first-order valence-electron chi connectivity index (χ1n) is 9.81. The molecule has 0 aliphatic heterocycles. The van der Waals surface area contributed by atoms with Crippen molar-refractivity contribution in [2.45, 2.75) is 49.9 Å². The van der Waals surface area contributed by atoms with Crippen molar-refractivity contribution in [1.29, 1.82) is 0 Å². The third kappa shape index (κ3) is 12.5. The molecule has 0 aliphatic rings. The molecule has 16 heteroatoms. The van der Waals surface area contributed by atoms with Crippen LogP contribution in [0.4, 0.5) is 0 Å². The fraction of sp³-hybridized carbons (Fsp3) is 0.647. The minimum atomic E-state index is -1.50. The van der Waals surface area contributed by atoms with Gasteiger partial charge in [-0.05, 0) is 19.3 Å². The maximum atomic E-state index is 12.4. The van der Waals surface area contributed by atoms with E-state index in [2.05, 4.69) is 33.6 Å². The van der Waals surface area contributed by atoms with Gasteiger partial charge >= 0.3 is 11.9 Å². The maximum Gasteiger partial charge on any atom is 0.326 e. The summed E-state index contributed by atoms with van der Waals surface area (Å²) < 4.78 is 0. The molecule has 0 rings (SSSR count). The molecule has 0 aromatic rings. The number of rotatable bonds is 16. The first-order valence-corrected chi connectivity index (χ1v) is 10.4. The highest BCUT2D eigenvalue weighted by Gasteiger charge is 2.29. The van der Waals surface area contributed by atoms with Crippen LogP contribution in [0.25, 0.3) is 0 Å². The van der Waals surface area contributed by atoms with Crippen LogP contribution in [-0.4, -0.2) is 94.0 Å². The largest absolute Gasteiger partial charge is 0.481 e. The van der Waals surface area contributed by atoms with Gasteiger partial charge in [0.1, 0.15) is 18.1 Å². The Balaban J connectivity index is 4.90. The second-order valence-electron chi connectivity index (χ2n) is 6.87. The maximum absolute atomic E-state index is 12.4. The van der Waals surface area contributed by atoms with Gasteiger partial charge < -0.3 is 48.5 Å². The predicted octanol–water partition coefficient (Wildman–Crippen LogP) is -4.31. The summed E-state index contributed by atoms with van der Waals surface area (Å²) in [6, 6.07) is -5.29. The summed E-state index contributed by atoms with van der Waals surface area (Å²) in [6.45, 7) is -0.564. The second kappa shape index (κ2) is 15.7. The molecule has 0 saturated heterocycles. The van der Waals surface area contributed by atoms with Crippen LogP contribution >= 0.6 is 12.6 Å². The van der Waals surface area contributed by atoms with Crippen molar-refractivity contribution >= 4 is 48.2 Å². The Morgan fingerprint density at radius 2 is 1.42 bits per heavy atom. The Morgan fingerprint density at radius 1 is 0.879 bits per heavy atom. The average Bonchev–Trinajstić information content (AvgIpc) is 2.74. The standard InChI is InChI=1S/C17H31N7O8S/c18-8(2-1-5-21-17(19)20)13(28)23-10(6-25)14(29)24-11(7-33)15(30)22-9(16(31)32)3-4-12(26)27/h8-11,25,33H,1-7,18H2,(H,22,30)(H,23,28)(H,24,29)(H,26,27)(H,31,32)(H4,19,20,21). The smallest absolute Gasteiger partial charge is 0.326 e. The Bertz CT molecular complexity index is 732. The van der Waals surface area contributed by atoms with Crippen LogP contribution in [0.2, 0.25) is 0 Å². The third-order valence-corrected chi connectivity index (χ3v) is 4.56. The summed E-state index contributed by atoms with van der Waals surface area (Å²) in [5.41, 5.74) is 16.1. The number of thiol groups is 1. The zero-order valence-electron chi connectivity index (χ0n) is 17.8. The third-order valence-electron chi connectivity index (χ3n) is 4.20. The molecule has 0 spiro atoms. The van der Waals surface area contributed by atoms with Gasteiger partial charge in [0.15, 0.2) is 5.96 Å². The minimum Gasteiger partial charge on any atom is -0.481 e. The van der Waals surface area contributed by atoms with E-state index in [1.165, 1.54) is 0 Å². The van der Waals surface area contributed by atoms with Gasteiger partial charge in [-0.2, -0.15) is 12.6 Å². The molecule has 33 heavy (non-hydrogen) atoms. The van der Waals surface area contributed by atoms with Crippen LogP contribution in [0, 0.1) is 0 Å². The molecule has 0 aliphatic carbocycles. The molecule has 0 aromatic heterocycles. The number of carboxylic acids is 2. The first-order chi connectivity index (χ1) is 15.4. The summed E-state index contributed by atoms with van der Waals surface area (Å²) in [5.74, 6) is -5.67. The molecule has 0 aromatic carbocycles. The van der Waals surface area contributed by atoms with Crippen molar-refractivity contribution in [3.63, 3.8) is 0 Å². The van der Waals surface area contributed by atoms with Crippen molar-refractivity contribution < 1.29 is 39.3 Å². The van der Waals surface area contributed by atoms with E-state index in [4.69, 9.17) is 27.4 Å². The molecular formula is C17H31N7O8S. The van der Waals surface area contributed by atoms with Gasteiger partial charge in [0.2, 0.25) is 17.7 Å². The van der Waals surface area contributed by atoms with Gasteiger partial charge in [-0.1, -0.05) is 0 Å². The number of hydrogen-bond acceptors (Lipinski definition) is 9. The number of hydrogen-bond donors (Lipinski definition) is 10. The average molecular weight is 494 g/mol. The highest BCUT2D eigenvalue weighted by Crippen LogP contribution is 2.01. The van der Waals surface area contributed by atoms with E-state index in [-0.39, 0.29) is 31.1 Å². The summed E-state index contributed by atoms with van der Waals surface area (Å²) in [4.78, 5) is 62.5. The lowest BCUT2D eigenvalue weighted by atomic mass is 10.1. The number of amides is 3. The Labute approximate surface area is 194 Å². The number of aliphatic carboxylic acids is 2. The first kappa shape index (κ1) is 29.9. The number of guanidine groups is 1. The molecule has 188 valence electrons. The van der Waals surface area contributed by atoms with Crippen LogP contribution in [0.1, 0.15) is 25.7 Å². The summed E-state index contributed by atoms with van der Waals surface area (Å²) in [6.07, 6.45) is -0.298. The lowest BCUT2D eigenvalue weighted by molar-refractivity contribution is -0.143. The SMILES string of the molecule is NC(N)=NCCCC(N)C(=O)NC(CO)C(=O)NC(CS)C(=O)NC(CCC(=O)O)C(=O)O. The summed E-state index contributed by atoms with van der Waals surface area (Å²) in [7, 11) is 0. The number of aliphatic imine (C=N–C) groups is 1. The topological polar surface area (TPSA) is 273 Å². The Morgan fingerprint density at radius 3 is 1.91 bits per heavy atom. The zero-order chi connectivity index (χ0) is 25.6. The predicted molar refractivity (Wildman–Crippen MR) is 119 cm³/mol. The number of nitrogens with zero attached hydrogens (tertiary/aromatic N) is 1. The Hall–Kier alpha value is -3.11. The number of carboxylic acid groups (broad SMARTS) is 2. The van der Waals surface area contributed by atoms with E-state index in [1.54, 1.807) is 0 Å². The van der Waals surface area contributed by atoms with E-state index in [9.17, 15) is 29.1 Å². The monoisotopic (exact) mass is 493 g/mol. The van der Waals surface area contributed by atoms with Crippen molar-refractivity contribution in [2.24, 2.45) is 22.2 Å². The quantitative estimate of drug-likeness (QED) is 0.0425. The molecule has 0 saturated carbocycles. The number of nitrogens with one attached hydrogen (secondary N) is 3. The number of carbonyl (C=O) groups is 5. The van der Waals surface area contributed by atoms with E-state index in [0.717, 1.165) is 0 Å². The van der Waals surface area contributed by atoms with Crippen LogP contribution < -0.4 is 33.2 Å². The molecule has 0 bridgehead atoms.